The van der Waals surface area contributed by atoms with Crippen molar-refractivity contribution in [3.63, 3.8) is 0 Å². The summed E-state index contributed by atoms with van der Waals surface area (Å²) in [4.78, 5) is 28.7. The van der Waals surface area contributed by atoms with Crippen molar-refractivity contribution in [1.82, 2.24) is 15.1 Å². The molecule has 0 saturated carbocycles. The summed E-state index contributed by atoms with van der Waals surface area (Å²) in [6, 6.07) is 5.52. The maximum Gasteiger partial charge on any atom is 0.238 e. The number of benzene rings is 1. The molecule has 6 nitrogen and oxygen atoms in total. The predicted octanol–water partition coefficient (Wildman–Crippen LogP) is 2.51. The van der Waals surface area contributed by atoms with Crippen molar-refractivity contribution in [2.45, 2.75) is 39.7 Å². The number of carbonyl (C=O) groups excluding carboxylic acids is 2. The smallest absolute Gasteiger partial charge is 0.238 e. The van der Waals surface area contributed by atoms with Gasteiger partial charge in [-0.3, -0.25) is 19.4 Å². The quantitative estimate of drug-likeness (QED) is 0.805. The Morgan fingerprint density at radius 1 is 1.04 bits per heavy atom. The van der Waals surface area contributed by atoms with Crippen molar-refractivity contribution in [2.75, 3.05) is 44.6 Å². The monoisotopic (exact) mass is 394 g/mol. The number of carbonyl (C=O) groups is 2. The summed E-state index contributed by atoms with van der Waals surface area (Å²) in [5, 5.41) is 6.55. The van der Waals surface area contributed by atoms with Crippen molar-refractivity contribution < 1.29 is 9.59 Å². The number of amides is 2. The summed E-state index contributed by atoms with van der Waals surface area (Å²) in [5.74, 6) is -0.00112. The average molecular weight is 395 g/mol. The number of nitrogens with zero attached hydrogens (tertiary/aromatic N) is 2. The highest BCUT2D eigenvalue weighted by atomic mass is 35.5. The molecule has 1 aliphatic heterocycles. The third-order valence-electron chi connectivity index (χ3n) is 4.39. The van der Waals surface area contributed by atoms with Gasteiger partial charge in [-0.1, -0.05) is 17.7 Å². The Labute approximate surface area is 167 Å². The first kappa shape index (κ1) is 21.7. The van der Waals surface area contributed by atoms with E-state index < -0.39 is 0 Å². The molecule has 0 unspecified atom stereocenters. The molecule has 0 spiro atoms. The zero-order chi connectivity index (χ0) is 20.0. The molecule has 27 heavy (non-hydrogen) atoms. The summed E-state index contributed by atoms with van der Waals surface area (Å²) in [6.45, 7) is 11.9. The Bertz CT molecular complexity index is 672. The molecule has 2 amide bonds. The first-order valence-electron chi connectivity index (χ1n) is 9.44. The normalized spacial score (nSPS) is 16.6. The van der Waals surface area contributed by atoms with Gasteiger partial charge in [0.05, 0.1) is 13.1 Å². The van der Waals surface area contributed by atoms with Crippen molar-refractivity contribution >= 4 is 29.1 Å². The maximum atomic E-state index is 12.3. The number of anilines is 1. The van der Waals surface area contributed by atoms with Crippen LogP contribution in [0.15, 0.2) is 18.2 Å². The van der Waals surface area contributed by atoms with Crippen LogP contribution in [0.4, 0.5) is 5.69 Å². The second-order valence-corrected chi connectivity index (χ2v) is 8.62. The number of hydrogen-bond acceptors (Lipinski definition) is 4. The van der Waals surface area contributed by atoms with Gasteiger partial charge in [-0.25, -0.2) is 0 Å². The van der Waals surface area contributed by atoms with Crippen LogP contribution in [-0.2, 0) is 9.59 Å². The van der Waals surface area contributed by atoms with Gasteiger partial charge in [-0.05, 0) is 64.9 Å². The fourth-order valence-electron chi connectivity index (χ4n) is 3.08. The molecule has 0 bridgehead atoms. The number of halogens is 1. The second-order valence-electron chi connectivity index (χ2n) is 8.22. The molecule has 0 atom stereocenters. The summed E-state index contributed by atoms with van der Waals surface area (Å²) in [6.07, 6.45) is 0.937. The minimum absolute atomic E-state index is 0.0462. The lowest BCUT2D eigenvalue weighted by atomic mass is 10.1. The third kappa shape index (κ3) is 7.87. The average Bonchev–Trinajstić information content (AvgIpc) is 2.74. The minimum Gasteiger partial charge on any atom is -0.350 e. The van der Waals surface area contributed by atoms with E-state index in [1.165, 1.54) is 0 Å². The molecule has 150 valence electrons. The molecule has 0 radical (unpaired) electrons. The van der Waals surface area contributed by atoms with Crippen LogP contribution in [0.1, 0.15) is 32.8 Å². The molecule has 0 aromatic heterocycles. The largest absolute Gasteiger partial charge is 0.350 e. The van der Waals surface area contributed by atoms with Gasteiger partial charge >= 0.3 is 0 Å². The summed E-state index contributed by atoms with van der Waals surface area (Å²) >= 11 is 6.11. The van der Waals surface area contributed by atoms with E-state index in [1.807, 2.05) is 39.8 Å². The van der Waals surface area contributed by atoms with Crippen LogP contribution in [0, 0.1) is 6.92 Å². The summed E-state index contributed by atoms with van der Waals surface area (Å²) in [5.41, 5.74) is 1.48. The van der Waals surface area contributed by atoms with E-state index in [4.69, 9.17) is 11.6 Å². The molecule has 1 aliphatic rings. The van der Waals surface area contributed by atoms with Gasteiger partial charge < -0.3 is 10.6 Å². The molecule has 7 heteroatoms. The van der Waals surface area contributed by atoms with Crippen molar-refractivity contribution in [1.29, 1.82) is 0 Å². The lowest BCUT2D eigenvalue weighted by Crippen LogP contribution is -2.46. The highest BCUT2D eigenvalue weighted by molar-refractivity contribution is 6.31. The van der Waals surface area contributed by atoms with Crippen LogP contribution in [0.25, 0.3) is 0 Å². The molecule has 2 N–H and O–H groups in total. The van der Waals surface area contributed by atoms with Gasteiger partial charge in [-0.15, -0.1) is 0 Å². The van der Waals surface area contributed by atoms with E-state index in [-0.39, 0.29) is 17.4 Å². The van der Waals surface area contributed by atoms with Gasteiger partial charge in [-0.2, -0.15) is 0 Å². The van der Waals surface area contributed by atoms with Crippen LogP contribution < -0.4 is 10.6 Å². The number of rotatable bonds is 5. The zero-order valence-corrected chi connectivity index (χ0v) is 17.5. The number of aryl methyl sites for hydroxylation is 1. The van der Waals surface area contributed by atoms with Crippen LogP contribution in [0.2, 0.25) is 5.02 Å². The van der Waals surface area contributed by atoms with Gasteiger partial charge in [0.1, 0.15) is 0 Å². The standard InChI is InChI=1S/C20H31ClN4O2/c1-15-6-7-16(12-17(15)21)22-18(26)13-24-8-5-9-25(11-10-24)14-19(27)23-20(2,3)4/h6-7,12H,5,8-11,13-14H2,1-4H3,(H,22,26)(H,23,27). The van der Waals surface area contributed by atoms with Crippen LogP contribution in [0.5, 0.6) is 0 Å². The molecule has 1 fully saturated rings. The highest BCUT2D eigenvalue weighted by Crippen LogP contribution is 2.19. The molecule has 1 aromatic rings. The third-order valence-corrected chi connectivity index (χ3v) is 4.79. The molecule has 2 rings (SSSR count). The topological polar surface area (TPSA) is 64.7 Å². The molecule has 1 saturated heterocycles. The Kier molecular flexibility index (Phi) is 7.65. The molecule has 1 heterocycles. The van der Waals surface area contributed by atoms with Gasteiger partial charge in [0.25, 0.3) is 0 Å². The lowest BCUT2D eigenvalue weighted by Gasteiger charge is -2.25. The van der Waals surface area contributed by atoms with Gasteiger partial charge in [0.2, 0.25) is 11.8 Å². The molecular weight excluding hydrogens is 364 g/mol. The Morgan fingerprint density at radius 2 is 1.63 bits per heavy atom. The fourth-order valence-corrected chi connectivity index (χ4v) is 3.26. The maximum absolute atomic E-state index is 12.3. The van der Waals surface area contributed by atoms with E-state index in [2.05, 4.69) is 20.4 Å². The van der Waals surface area contributed by atoms with Crippen molar-refractivity contribution in [2.24, 2.45) is 0 Å². The SMILES string of the molecule is Cc1ccc(NC(=O)CN2CCCN(CC(=O)NC(C)(C)C)CC2)cc1Cl. The number of hydrogen-bond donors (Lipinski definition) is 2. The minimum atomic E-state index is -0.216. The van der Waals surface area contributed by atoms with Crippen molar-refractivity contribution in [3.05, 3.63) is 28.8 Å². The van der Waals surface area contributed by atoms with Gasteiger partial charge in [0, 0.05) is 29.3 Å². The molecule has 1 aromatic carbocycles. The van der Waals surface area contributed by atoms with Crippen LogP contribution >= 0.6 is 11.6 Å². The summed E-state index contributed by atoms with van der Waals surface area (Å²) < 4.78 is 0. The Morgan fingerprint density at radius 3 is 2.19 bits per heavy atom. The van der Waals surface area contributed by atoms with E-state index in [0.29, 0.717) is 23.8 Å². The van der Waals surface area contributed by atoms with Crippen molar-refractivity contribution in [3.8, 4) is 0 Å². The summed E-state index contributed by atoms with van der Waals surface area (Å²) in [7, 11) is 0. The first-order valence-corrected chi connectivity index (χ1v) is 9.82. The Balaban J connectivity index is 1.79. The van der Waals surface area contributed by atoms with Crippen LogP contribution in [-0.4, -0.2) is 66.4 Å². The lowest BCUT2D eigenvalue weighted by molar-refractivity contribution is -0.123. The van der Waals surface area contributed by atoms with E-state index >= 15 is 0 Å². The number of nitrogens with one attached hydrogen (secondary N) is 2. The Hall–Kier alpha value is -1.63. The second kappa shape index (κ2) is 9.53. The molecule has 0 aliphatic carbocycles. The van der Waals surface area contributed by atoms with Crippen LogP contribution in [0.3, 0.4) is 0 Å². The first-order chi connectivity index (χ1) is 12.6. The van der Waals surface area contributed by atoms with E-state index in [0.717, 1.165) is 38.2 Å². The molecular formula is C20H31ClN4O2. The zero-order valence-electron chi connectivity index (χ0n) is 16.8. The van der Waals surface area contributed by atoms with E-state index in [9.17, 15) is 9.59 Å². The highest BCUT2D eigenvalue weighted by Gasteiger charge is 2.20. The predicted molar refractivity (Wildman–Crippen MR) is 110 cm³/mol. The van der Waals surface area contributed by atoms with Gasteiger partial charge in [0.15, 0.2) is 0 Å². The fraction of sp³-hybridized carbons (Fsp3) is 0.600. The van der Waals surface area contributed by atoms with E-state index in [1.54, 1.807) is 6.07 Å².